The average Bonchev–Trinajstić information content (AvgIpc) is 2.94. The van der Waals surface area contributed by atoms with Gasteiger partial charge in [0, 0.05) is 6.54 Å². The van der Waals surface area contributed by atoms with E-state index in [4.69, 9.17) is 0 Å². The Balaban J connectivity index is 2.05. The van der Waals surface area contributed by atoms with Crippen LogP contribution in [0.15, 0.2) is 0 Å². The fourth-order valence-electron chi connectivity index (χ4n) is 2.52. The Labute approximate surface area is 97.3 Å². The minimum atomic E-state index is -0.614. The predicted octanol–water partition coefficient (Wildman–Crippen LogP) is -0.317. The van der Waals surface area contributed by atoms with Gasteiger partial charge in [0.2, 0.25) is 5.69 Å². The number of hydrogen-bond acceptors (Lipinski definition) is 5. The molecule has 7 nitrogen and oxygen atoms in total. The van der Waals surface area contributed by atoms with Crippen molar-refractivity contribution in [2.24, 2.45) is 0 Å². The van der Waals surface area contributed by atoms with E-state index < -0.39 is 5.97 Å². The van der Waals surface area contributed by atoms with Crippen LogP contribution in [0, 0.1) is 0 Å². The first-order chi connectivity index (χ1) is 8.22. The Bertz CT molecular complexity index is 496. The van der Waals surface area contributed by atoms with Crippen molar-refractivity contribution >= 4 is 11.9 Å². The molecule has 0 N–H and O–H groups in total. The van der Waals surface area contributed by atoms with E-state index in [0.29, 0.717) is 6.54 Å². The second-order valence-corrected chi connectivity index (χ2v) is 4.25. The van der Waals surface area contributed by atoms with E-state index in [0.717, 1.165) is 19.4 Å². The molecule has 0 unspecified atom stereocenters. The summed E-state index contributed by atoms with van der Waals surface area (Å²) in [7, 11) is 1.26. The lowest BCUT2D eigenvalue weighted by molar-refractivity contribution is 0.0570. The van der Waals surface area contributed by atoms with Crippen LogP contribution in [0.1, 0.15) is 33.8 Å². The number of amides is 1. The molecule has 0 aliphatic carbocycles. The van der Waals surface area contributed by atoms with E-state index in [1.807, 2.05) is 0 Å². The maximum Gasteiger partial charge on any atom is 0.361 e. The normalized spacial score (nSPS) is 22.3. The Morgan fingerprint density at radius 3 is 3.12 bits per heavy atom. The third-order valence-corrected chi connectivity index (χ3v) is 3.34. The predicted molar refractivity (Wildman–Crippen MR) is 55.4 cm³/mol. The fourth-order valence-corrected chi connectivity index (χ4v) is 2.52. The number of rotatable bonds is 1. The fraction of sp³-hybridized carbons (Fsp3) is 0.600. The van der Waals surface area contributed by atoms with Gasteiger partial charge in [-0.1, -0.05) is 5.21 Å². The molecule has 90 valence electrons. The Morgan fingerprint density at radius 1 is 1.53 bits per heavy atom. The van der Waals surface area contributed by atoms with Gasteiger partial charge in [-0.3, -0.25) is 4.79 Å². The van der Waals surface area contributed by atoms with Gasteiger partial charge in [-0.2, -0.15) is 0 Å². The third kappa shape index (κ3) is 1.35. The first-order valence-electron chi connectivity index (χ1n) is 5.55. The van der Waals surface area contributed by atoms with E-state index in [-0.39, 0.29) is 23.3 Å². The van der Waals surface area contributed by atoms with Crippen molar-refractivity contribution in [3.05, 3.63) is 11.4 Å². The molecular weight excluding hydrogens is 224 g/mol. The van der Waals surface area contributed by atoms with Gasteiger partial charge in [-0.05, 0) is 12.8 Å². The molecule has 0 radical (unpaired) electrons. The van der Waals surface area contributed by atoms with E-state index in [1.165, 1.54) is 11.8 Å². The standard InChI is InChI=1S/C10H12N4O3/c1-17-10(16)7-8-9(15)13-4-2-3-6(13)5-14(8)12-11-7/h6H,2-5H2,1H3/t6-/m0/s1. The van der Waals surface area contributed by atoms with Gasteiger partial charge in [-0.15, -0.1) is 5.10 Å². The minimum Gasteiger partial charge on any atom is -0.464 e. The molecule has 2 aliphatic rings. The highest BCUT2D eigenvalue weighted by atomic mass is 16.5. The van der Waals surface area contributed by atoms with Crippen LogP contribution in [-0.2, 0) is 11.3 Å². The Morgan fingerprint density at radius 2 is 2.35 bits per heavy atom. The van der Waals surface area contributed by atoms with Crippen LogP contribution in [-0.4, -0.2) is 51.5 Å². The van der Waals surface area contributed by atoms with Crippen molar-refractivity contribution in [2.75, 3.05) is 13.7 Å². The van der Waals surface area contributed by atoms with Crippen molar-refractivity contribution in [2.45, 2.75) is 25.4 Å². The van der Waals surface area contributed by atoms with Crippen LogP contribution in [0.5, 0.6) is 0 Å². The van der Waals surface area contributed by atoms with Gasteiger partial charge in [0.1, 0.15) is 0 Å². The molecular formula is C10H12N4O3. The quantitative estimate of drug-likeness (QED) is 0.625. The largest absolute Gasteiger partial charge is 0.464 e. The summed E-state index contributed by atoms with van der Waals surface area (Å²) in [6.07, 6.45) is 1.99. The zero-order valence-corrected chi connectivity index (χ0v) is 9.42. The van der Waals surface area contributed by atoms with Gasteiger partial charge >= 0.3 is 5.97 Å². The summed E-state index contributed by atoms with van der Waals surface area (Å²) in [5, 5.41) is 7.59. The second kappa shape index (κ2) is 3.54. The van der Waals surface area contributed by atoms with Gasteiger partial charge in [-0.25, -0.2) is 9.48 Å². The molecule has 3 rings (SSSR count). The third-order valence-electron chi connectivity index (χ3n) is 3.34. The molecule has 0 saturated carbocycles. The van der Waals surface area contributed by atoms with Crippen molar-refractivity contribution in [1.29, 1.82) is 0 Å². The molecule has 1 aromatic heterocycles. The highest BCUT2D eigenvalue weighted by Gasteiger charge is 2.40. The first kappa shape index (κ1) is 10.2. The number of methoxy groups -OCH3 is 1. The highest BCUT2D eigenvalue weighted by molar-refractivity contribution is 6.03. The van der Waals surface area contributed by atoms with E-state index >= 15 is 0 Å². The number of ether oxygens (including phenoxy) is 1. The summed E-state index contributed by atoms with van der Waals surface area (Å²) in [6, 6.07) is 0.196. The summed E-state index contributed by atoms with van der Waals surface area (Å²) in [4.78, 5) is 25.5. The van der Waals surface area contributed by atoms with E-state index in [1.54, 1.807) is 4.90 Å². The monoisotopic (exact) mass is 236 g/mol. The zero-order valence-electron chi connectivity index (χ0n) is 9.42. The molecule has 0 aromatic carbocycles. The number of hydrogen-bond donors (Lipinski definition) is 0. The van der Waals surface area contributed by atoms with Crippen LogP contribution in [0.2, 0.25) is 0 Å². The van der Waals surface area contributed by atoms with Crippen LogP contribution >= 0.6 is 0 Å². The first-order valence-corrected chi connectivity index (χ1v) is 5.55. The lowest BCUT2D eigenvalue weighted by Crippen LogP contribution is -2.44. The smallest absolute Gasteiger partial charge is 0.361 e. The van der Waals surface area contributed by atoms with Gasteiger partial charge in [0.15, 0.2) is 5.69 Å². The van der Waals surface area contributed by atoms with Crippen LogP contribution in [0.25, 0.3) is 0 Å². The van der Waals surface area contributed by atoms with Gasteiger partial charge < -0.3 is 9.64 Å². The Kier molecular flexibility index (Phi) is 2.13. The number of nitrogens with zero attached hydrogens (tertiary/aromatic N) is 4. The molecule has 3 heterocycles. The number of aromatic nitrogens is 3. The lowest BCUT2D eigenvalue weighted by Gasteiger charge is -2.29. The molecule has 0 spiro atoms. The van der Waals surface area contributed by atoms with Crippen LogP contribution < -0.4 is 0 Å². The summed E-state index contributed by atoms with van der Waals surface area (Å²) >= 11 is 0. The average molecular weight is 236 g/mol. The van der Waals surface area contributed by atoms with E-state index in [9.17, 15) is 9.59 Å². The number of carbonyl (C=O) groups excluding carboxylic acids is 2. The second-order valence-electron chi connectivity index (χ2n) is 4.25. The van der Waals surface area contributed by atoms with Gasteiger partial charge in [0.25, 0.3) is 5.91 Å². The van der Waals surface area contributed by atoms with Crippen molar-refractivity contribution in [3.8, 4) is 0 Å². The maximum absolute atomic E-state index is 12.2. The Hall–Kier alpha value is -1.92. The molecule has 7 heteroatoms. The van der Waals surface area contributed by atoms with Crippen LogP contribution in [0.3, 0.4) is 0 Å². The van der Waals surface area contributed by atoms with Crippen LogP contribution in [0.4, 0.5) is 0 Å². The number of esters is 1. The van der Waals surface area contributed by atoms with Gasteiger partial charge in [0.05, 0.1) is 19.7 Å². The molecule has 0 bridgehead atoms. The summed E-state index contributed by atoms with van der Waals surface area (Å²) in [5.74, 6) is -0.776. The summed E-state index contributed by atoms with van der Waals surface area (Å²) in [6.45, 7) is 1.36. The van der Waals surface area contributed by atoms with Crippen molar-refractivity contribution < 1.29 is 14.3 Å². The topological polar surface area (TPSA) is 77.3 Å². The number of carbonyl (C=O) groups is 2. The molecule has 1 aromatic rings. The van der Waals surface area contributed by atoms with E-state index in [2.05, 4.69) is 15.0 Å². The van der Waals surface area contributed by atoms with Crippen molar-refractivity contribution in [3.63, 3.8) is 0 Å². The molecule has 1 fully saturated rings. The molecule has 1 saturated heterocycles. The molecule has 1 amide bonds. The molecule has 2 aliphatic heterocycles. The lowest BCUT2D eigenvalue weighted by atomic mass is 10.1. The minimum absolute atomic E-state index is 0.0165. The summed E-state index contributed by atoms with van der Waals surface area (Å²) < 4.78 is 6.11. The zero-order chi connectivity index (χ0) is 12.0. The van der Waals surface area contributed by atoms with Crippen molar-refractivity contribution in [1.82, 2.24) is 19.9 Å². The molecule has 17 heavy (non-hydrogen) atoms. The summed E-state index contributed by atoms with van der Waals surface area (Å²) in [5.41, 5.74) is 0.276. The highest BCUT2D eigenvalue weighted by Crippen LogP contribution is 2.26. The SMILES string of the molecule is COC(=O)c1nnn2c1C(=O)N1CCC[C@H]1C2. The molecule has 1 atom stereocenters. The number of fused-ring (bicyclic) bond motifs is 2. The maximum atomic E-state index is 12.2.